The van der Waals surface area contributed by atoms with Crippen molar-refractivity contribution < 1.29 is 27.8 Å². The van der Waals surface area contributed by atoms with Gasteiger partial charge in [0.25, 0.3) is 5.91 Å². The predicted octanol–water partition coefficient (Wildman–Crippen LogP) is 1.06. The summed E-state index contributed by atoms with van der Waals surface area (Å²) in [5.41, 5.74) is 6.16. The van der Waals surface area contributed by atoms with Crippen molar-refractivity contribution in [1.29, 1.82) is 0 Å². The Hall–Kier alpha value is -2.30. The molecule has 0 unspecified atom stereocenters. The third-order valence-corrected chi connectivity index (χ3v) is 4.81. The maximum absolute atomic E-state index is 12.9. The van der Waals surface area contributed by atoms with E-state index < -0.39 is 12.7 Å². The lowest BCUT2D eigenvalue weighted by Crippen LogP contribution is -2.51. The van der Waals surface area contributed by atoms with Gasteiger partial charge < -0.3 is 30.7 Å². The summed E-state index contributed by atoms with van der Waals surface area (Å²) in [6, 6.07) is 3.97. The van der Waals surface area contributed by atoms with Crippen LogP contribution in [0.3, 0.4) is 0 Å². The second-order valence-electron chi connectivity index (χ2n) is 6.73. The van der Waals surface area contributed by atoms with Crippen LogP contribution in [0.1, 0.15) is 19.3 Å². The zero-order chi connectivity index (χ0) is 20.1. The molecule has 4 N–H and O–H groups in total. The quantitative estimate of drug-likeness (QED) is 0.605. The number of amides is 2. The molecule has 1 aliphatic carbocycles. The lowest BCUT2D eigenvalue weighted by atomic mass is 9.92. The fourth-order valence-electron chi connectivity index (χ4n) is 3.12. The average Bonchev–Trinajstić information content (AvgIpc) is 2.61. The lowest BCUT2D eigenvalue weighted by molar-refractivity contribution is -0.125. The van der Waals surface area contributed by atoms with Crippen LogP contribution in [0.2, 0.25) is 0 Å². The molecule has 1 heterocycles. The van der Waals surface area contributed by atoms with E-state index in [9.17, 15) is 18.4 Å². The molecule has 1 saturated carbocycles. The molecule has 1 saturated heterocycles. The van der Waals surface area contributed by atoms with Crippen LogP contribution in [0.5, 0.6) is 5.75 Å². The molecule has 2 aliphatic rings. The Labute approximate surface area is 161 Å². The smallest absolute Gasteiger partial charge is 0.387 e. The van der Waals surface area contributed by atoms with E-state index in [0.29, 0.717) is 6.61 Å². The highest BCUT2D eigenvalue weighted by atomic mass is 19.3. The fourth-order valence-corrected chi connectivity index (χ4v) is 3.12. The molecule has 1 aromatic rings. The van der Waals surface area contributed by atoms with Gasteiger partial charge in [-0.05, 0) is 25.0 Å². The number of benzene rings is 1. The Bertz CT molecular complexity index is 715. The number of rotatable bonds is 8. The summed E-state index contributed by atoms with van der Waals surface area (Å²) >= 11 is 0. The standard InChI is InChI=1S/C18H24F2N4O4/c19-18(20)28-15-8-12(4-5-14(15)24-6-7-27-10-16(24)25)23-17(26)13(9-21)22-11-2-1-3-11/h4-5,8,11,13,18,22H,1-3,6-7,9-10,21H2,(H,23,26)/t13-/m0/s1. The molecule has 0 radical (unpaired) electrons. The first-order valence-corrected chi connectivity index (χ1v) is 9.22. The first kappa shape index (κ1) is 20.4. The van der Waals surface area contributed by atoms with Crippen LogP contribution in [0, 0.1) is 0 Å². The van der Waals surface area contributed by atoms with Crippen molar-refractivity contribution in [3.8, 4) is 5.75 Å². The molecule has 154 valence electrons. The Morgan fingerprint density at radius 1 is 1.39 bits per heavy atom. The first-order valence-electron chi connectivity index (χ1n) is 9.22. The second kappa shape index (κ2) is 9.26. The number of carbonyl (C=O) groups excluding carboxylic acids is 2. The predicted molar refractivity (Wildman–Crippen MR) is 98.5 cm³/mol. The van der Waals surface area contributed by atoms with Crippen LogP contribution in [0.4, 0.5) is 20.2 Å². The van der Waals surface area contributed by atoms with Gasteiger partial charge >= 0.3 is 6.61 Å². The molecule has 28 heavy (non-hydrogen) atoms. The van der Waals surface area contributed by atoms with E-state index in [1.54, 1.807) is 0 Å². The SMILES string of the molecule is NC[C@H](NC1CCC1)C(=O)Nc1ccc(N2CCOCC2=O)c(OC(F)F)c1. The van der Waals surface area contributed by atoms with Crippen LogP contribution >= 0.6 is 0 Å². The molecular weight excluding hydrogens is 374 g/mol. The molecule has 1 atom stereocenters. The molecular formula is C18H24F2N4O4. The number of hydrogen-bond acceptors (Lipinski definition) is 6. The van der Waals surface area contributed by atoms with Gasteiger partial charge in [0.15, 0.2) is 5.75 Å². The van der Waals surface area contributed by atoms with Gasteiger partial charge in [-0.25, -0.2) is 0 Å². The molecule has 2 amide bonds. The molecule has 10 heteroatoms. The second-order valence-corrected chi connectivity index (χ2v) is 6.73. The third kappa shape index (κ3) is 4.94. The van der Waals surface area contributed by atoms with E-state index in [2.05, 4.69) is 15.4 Å². The monoisotopic (exact) mass is 398 g/mol. The van der Waals surface area contributed by atoms with Crippen molar-refractivity contribution in [3.05, 3.63) is 18.2 Å². The fraction of sp³-hybridized carbons (Fsp3) is 0.556. The lowest BCUT2D eigenvalue weighted by Gasteiger charge is -2.30. The maximum Gasteiger partial charge on any atom is 0.387 e. The van der Waals surface area contributed by atoms with Crippen molar-refractivity contribution in [3.63, 3.8) is 0 Å². The summed E-state index contributed by atoms with van der Waals surface area (Å²) in [5, 5.41) is 5.85. The number of carbonyl (C=O) groups is 2. The Morgan fingerprint density at radius 2 is 2.18 bits per heavy atom. The number of alkyl halides is 2. The van der Waals surface area contributed by atoms with E-state index in [-0.39, 0.29) is 54.7 Å². The number of nitrogens with one attached hydrogen (secondary N) is 2. The highest BCUT2D eigenvalue weighted by Gasteiger charge is 2.27. The minimum atomic E-state index is -3.07. The summed E-state index contributed by atoms with van der Waals surface area (Å²) in [7, 11) is 0. The first-order chi connectivity index (χ1) is 13.5. The number of morpholine rings is 1. The maximum atomic E-state index is 12.9. The summed E-state index contributed by atoms with van der Waals surface area (Å²) in [6.45, 7) is -2.56. The van der Waals surface area contributed by atoms with E-state index in [1.165, 1.54) is 23.1 Å². The highest BCUT2D eigenvalue weighted by molar-refractivity contribution is 5.98. The van der Waals surface area contributed by atoms with Crippen molar-refractivity contribution in [2.45, 2.75) is 38.0 Å². The van der Waals surface area contributed by atoms with Crippen molar-refractivity contribution >= 4 is 23.2 Å². The third-order valence-electron chi connectivity index (χ3n) is 4.81. The molecule has 3 rings (SSSR count). The van der Waals surface area contributed by atoms with Crippen molar-refractivity contribution in [1.82, 2.24) is 5.32 Å². The molecule has 8 nitrogen and oxygen atoms in total. The zero-order valence-corrected chi connectivity index (χ0v) is 15.3. The summed E-state index contributed by atoms with van der Waals surface area (Å²) in [6.07, 6.45) is 3.11. The van der Waals surface area contributed by atoms with Gasteiger partial charge in [0.05, 0.1) is 18.3 Å². The van der Waals surface area contributed by atoms with E-state index in [0.717, 1.165) is 19.3 Å². The molecule has 1 aliphatic heterocycles. The molecule has 0 aromatic heterocycles. The van der Waals surface area contributed by atoms with E-state index >= 15 is 0 Å². The average molecular weight is 398 g/mol. The largest absolute Gasteiger partial charge is 0.433 e. The Kier molecular flexibility index (Phi) is 6.76. The number of halogens is 2. The molecule has 0 bridgehead atoms. The summed E-state index contributed by atoms with van der Waals surface area (Å²) in [5.74, 6) is -0.901. The van der Waals surface area contributed by atoms with Crippen LogP contribution < -0.4 is 26.0 Å². The van der Waals surface area contributed by atoms with Crippen LogP contribution in [-0.4, -0.2) is 56.8 Å². The number of ether oxygens (including phenoxy) is 2. The van der Waals surface area contributed by atoms with Gasteiger partial charge in [0.1, 0.15) is 6.61 Å². The zero-order valence-electron chi connectivity index (χ0n) is 15.3. The van der Waals surface area contributed by atoms with Gasteiger partial charge in [-0.1, -0.05) is 6.42 Å². The molecule has 2 fully saturated rings. The highest BCUT2D eigenvalue weighted by Crippen LogP contribution is 2.33. The van der Waals surface area contributed by atoms with Crippen LogP contribution in [-0.2, 0) is 14.3 Å². The Balaban J connectivity index is 1.75. The minimum absolute atomic E-state index is 0.114. The van der Waals surface area contributed by atoms with Gasteiger partial charge in [0.2, 0.25) is 5.91 Å². The topological polar surface area (TPSA) is 106 Å². The number of nitrogens with zero attached hydrogens (tertiary/aromatic N) is 1. The summed E-state index contributed by atoms with van der Waals surface area (Å²) < 4.78 is 35.4. The van der Waals surface area contributed by atoms with Gasteiger partial charge in [-0.15, -0.1) is 0 Å². The minimum Gasteiger partial charge on any atom is -0.433 e. The molecule has 1 aromatic carbocycles. The van der Waals surface area contributed by atoms with Crippen molar-refractivity contribution in [2.24, 2.45) is 5.73 Å². The van der Waals surface area contributed by atoms with Gasteiger partial charge in [-0.3, -0.25) is 9.59 Å². The Morgan fingerprint density at radius 3 is 2.79 bits per heavy atom. The van der Waals surface area contributed by atoms with Crippen molar-refractivity contribution in [2.75, 3.05) is 36.5 Å². The normalized spacial score (nSPS) is 18.7. The van der Waals surface area contributed by atoms with Gasteiger partial charge in [0, 0.05) is 30.9 Å². The number of hydrogen-bond donors (Lipinski definition) is 3. The number of anilines is 2. The number of nitrogens with two attached hydrogens (primary N) is 1. The van der Waals surface area contributed by atoms with Crippen LogP contribution in [0.25, 0.3) is 0 Å². The van der Waals surface area contributed by atoms with Crippen LogP contribution in [0.15, 0.2) is 18.2 Å². The molecule has 0 spiro atoms. The van der Waals surface area contributed by atoms with Gasteiger partial charge in [-0.2, -0.15) is 8.78 Å². The van der Waals surface area contributed by atoms with E-state index in [1.807, 2.05) is 0 Å². The van der Waals surface area contributed by atoms with E-state index in [4.69, 9.17) is 10.5 Å². The summed E-state index contributed by atoms with van der Waals surface area (Å²) in [4.78, 5) is 25.8.